The van der Waals surface area contributed by atoms with E-state index in [4.69, 9.17) is 10.6 Å². The highest BCUT2D eigenvalue weighted by Gasteiger charge is 2.35. The van der Waals surface area contributed by atoms with Crippen molar-refractivity contribution in [2.24, 2.45) is 11.1 Å². The second kappa shape index (κ2) is 5.19. The van der Waals surface area contributed by atoms with Gasteiger partial charge in [-0.1, -0.05) is 13.8 Å². The minimum absolute atomic E-state index is 0.0394. The molecule has 0 saturated heterocycles. The van der Waals surface area contributed by atoms with Crippen LogP contribution in [0.2, 0.25) is 0 Å². The summed E-state index contributed by atoms with van der Waals surface area (Å²) in [5.41, 5.74) is 5.17. The largest absolute Gasteiger partial charge is 0.329 e. The van der Waals surface area contributed by atoms with Crippen LogP contribution < -0.4 is 5.73 Å². The van der Waals surface area contributed by atoms with Crippen LogP contribution >= 0.6 is 0 Å². The fourth-order valence-electron chi connectivity index (χ4n) is 1.35. The van der Waals surface area contributed by atoms with Gasteiger partial charge in [-0.05, 0) is 12.8 Å². The minimum Gasteiger partial charge on any atom is -0.329 e. The molecule has 0 spiro atoms. The van der Waals surface area contributed by atoms with E-state index in [1.165, 1.54) is 12.2 Å². The maximum atomic E-state index is 11.8. The molecule has 0 heterocycles. The van der Waals surface area contributed by atoms with Gasteiger partial charge in [0.2, 0.25) is 0 Å². The van der Waals surface area contributed by atoms with Gasteiger partial charge in [-0.15, -0.1) is 0 Å². The number of nitrogens with zero attached hydrogens (tertiary/aromatic N) is 1. The minimum atomic E-state index is -0.454. The second-order valence-electron chi connectivity index (χ2n) is 3.18. The molecule has 0 aromatic carbocycles. The SMILES string of the molecule is CCC(CC)(CN)C(=O)N(C)OC. The summed E-state index contributed by atoms with van der Waals surface area (Å²) in [7, 11) is 3.09. The first kappa shape index (κ1) is 12.4. The predicted molar refractivity (Wildman–Crippen MR) is 51.8 cm³/mol. The van der Waals surface area contributed by atoms with E-state index in [0.717, 1.165) is 12.8 Å². The zero-order valence-corrected chi connectivity index (χ0v) is 8.96. The molecule has 78 valence electrons. The number of hydrogen-bond donors (Lipinski definition) is 1. The zero-order valence-electron chi connectivity index (χ0n) is 8.96. The number of amides is 1. The highest BCUT2D eigenvalue weighted by molar-refractivity contribution is 5.81. The smallest absolute Gasteiger partial charge is 0.253 e. The molecule has 13 heavy (non-hydrogen) atoms. The molecular formula is C9H20N2O2. The molecule has 0 rings (SSSR count). The van der Waals surface area contributed by atoms with Gasteiger partial charge < -0.3 is 5.73 Å². The summed E-state index contributed by atoms with van der Waals surface area (Å²) >= 11 is 0. The van der Waals surface area contributed by atoms with E-state index in [1.807, 2.05) is 13.8 Å². The lowest BCUT2D eigenvalue weighted by molar-refractivity contribution is -0.180. The quantitative estimate of drug-likeness (QED) is 0.648. The molecular weight excluding hydrogens is 168 g/mol. The van der Waals surface area contributed by atoms with E-state index in [0.29, 0.717) is 6.54 Å². The van der Waals surface area contributed by atoms with Gasteiger partial charge in [0.1, 0.15) is 0 Å². The monoisotopic (exact) mass is 188 g/mol. The lowest BCUT2D eigenvalue weighted by Gasteiger charge is -2.31. The number of carbonyl (C=O) groups is 1. The molecule has 4 nitrogen and oxygen atoms in total. The Labute approximate surface area is 80.0 Å². The van der Waals surface area contributed by atoms with Crippen molar-refractivity contribution in [1.82, 2.24) is 5.06 Å². The van der Waals surface area contributed by atoms with Crippen molar-refractivity contribution < 1.29 is 9.63 Å². The van der Waals surface area contributed by atoms with Crippen LogP contribution in [0.4, 0.5) is 0 Å². The summed E-state index contributed by atoms with van der Waals surface area (Å²) < 4.78 is 0. The summed E-state index contributed by atoms with van der Waals surface area (Å²) in [6.45, 7) is 4.31. The molecule has 0 aliphatic rings. The molecule has 4 heteroatoms. The van der Waals surface area contributed by atoms with E-state index in [9.17, 15) is 4.79 Å². The molecule has 0 aromatic rings. The Morgan fingerprint density at radius 1 is 1.46 bits per heavy atom. The van der Waals surface area contributed by atoms with E-state index in [1.54, 1.807) is 7.05 Å². The van der Waals surface area contributed by atoms with Gasteiger partial charge >= 0.3 is 0 Å². The van der Waals surface area contributed by atoms with Gasteiger partial charge in [-0.25, -0.2) is 5.06 Å². The molecule has 0 unspecified atom stereocenters. The Hall–Kier alpha value is -0.610. The number of nitrogens with two attached hydrogens (primary N) is 1. The Kier molecular flexibility index (Phi) is 4.95. The van der Waals surface area contributed by atoms with Crippen molar-refractivity contribution in [2.75, 3.05) is 20.7 Å². The highest BCUT2D eigenvalue weighted by Crippen LogP contribution is 2.27. The van der Waals surface area contributed by atoms with Crippen molar-refractivity contribution >= 4 is 5.91 Å². The second-order valence-corrected chi connectivity index (χ2v) is 3.18. The first-order valence-electron chi connectivity index (χ1n) is 4.60. The van der Waals surface area contributed by atoms with Gasteiger partial charge in [0.25, 0.3) is 5.91 Å². The van der Waals surface area contributed by atoms with Crippen LogP contribution in [-0.2, 0) is 9.63 Å². The van der Waals surface area contributed by atoms with Crippen LogP contribution in [0.25, 0.3) is 0 Å². The van der Waals surface area contributed by atoms with E-state index >= 15 is 0 Å². The number of rotatable bonds is 5. The summed E-state index contributed by atoms with van der Waals surface area (Å²) in [6.07, 6.45) is 1.49. The van der Waals surface area contributed by atoms with Crippen molar-refractivity contribution in [3.05, 3.63) is 0 Å². The zero-order chi connectivity index (χ0) is 10.5. The van der Waals surface area contributed by atoms with Gasteiger partial charge in [0.05, 0.1) is 12.5 Å². The Morgan fingerprint density at radius 3 is 2.15 bits per heavy atom. The van der Waals surface area contributed by atoms with Gasteiger partial charge in [-0.3, -0.25) is 9.63 Å². The summed E-state index contributed by atoms with van der Waals surface area (Å²) in [6, 6.07) is 0. The Bertz CT molecular complexity index is 159. The number of carbonyl (C=O) groups excluding carboxylic acids is 1. The average Bonchev–Trinajstić information content (AvgIpc) is 2.20. The molecule has 0 aliphatic heterocycles. The Morgan fingerprint density at radius 2 is 1.92 bits per heavy atom. The summed E-state index contributed by atoms with van der Waals surface area (Å²) in [4.78, 5) is 16.7. The fraction of sp³-hybridized carbons (Fsp3) is 0.889. The molecule has 1 amide bonds. The lowest BCUT2D eigenvalue weighted by Crippen LogP contribution is -2.45. The number of hydrogen-bond acceptors (Lipinski definition) is 3. The van der Waals surface area contributed by atoms with E-state index in [-0.39, 0.29) is 5.91 Å². The maximum absolute atomic E-state index is 11.8. The van der Waals surface area contributed by atoms with Crippen molar-refractivity contribution in [3.8, 4) is 0 Å². The van der Waals surface area contributed by atoms with Crippen LogP contribution in [0.1, 0.15) is 26.7 Å². The molecule has 0 bridgehead atoms. The first-order chi connectivity index (χ1) is 6.07. The molecule has 2 N–H and O–H groups in total. The number of hydroxylamine groups is 2. The third-order valence-electron chi connectivity index (χ3n) is 2.76. The van der Waals surface area contributed by atoms with Crippen LogP contribution in [0, 0.1) is 5.41 Å². The standard InChI is InChI=1S/C9H20N2O2/c1-5-9(6-2,7-10)8(12)11(3)13-4/h5-7,10H2,1-4H3. The van der Waals surface area contributed by atoms with Crippen LogP contribution in [0.5, 0.6) is 0 Å². The van der Waals surface area contributed by atoms with Crippen LogP contribution in [0.15, 0.2) is 0 Å². The topological polar surface area (TPSA) is 55.6 Å². The van der Waals surface area contributed by atoms with Gasteiger partial charge in [0.15, 0.2) is 0 Å². The molecule has 0 atom stereocenters. The first-order valence-corrected chi connectivity index (χ1v) is 4.60. The van der Waals surface area contributed by atoms with Gasteiger partial charge in [-0.2, -0.15) is 0 Å². The normalized spacial score (nSPS) is 11.5. The average molecular weight is 188 g/mol. The molecule has 0 saturated carbocycles. The van der Waals surface area contributed by atoms with Crippen LogP contribution in [0.3, 0.4) is 0 Å². The van der Waals surface area contributed by atoms with Crippen molar-refractivity contribution in [1.29, 1.82) is 0 Å². The fourth-order valence-corrected chi connectivity index (χ4v) is 1.35. The van der Waals surface area contributed by atoms with Gasteiger partial charge in [0, 0.05) is 13.6 Å². The third-order valence-corrected chi connectivity index (χ3v) is 2.76. The summed E-state index contributed by atoms with van der Waals surface area (Å²) in [5, 5.41) is 1.25. The van der Waals surface area contributed by atoms with Crippen molar-refractivity contribution in [2.45, 2.75) is 26.7 Å². The van der Waals surface area contributed by atoms with E-state index < -0.39 is 5.41 Å². The van der Waals surface area contributed by atoms with Crippen LogP contribution in [-0.4, -0.2) is 31.7 Å². The lowest BCUT2D eigenvalue weighted by atomic mass is 9.81. The molecule has 0 fully saturated rings. The highest BCUT2D eigenvalue weighted by atomic mass is 16.7. The maximum Gasteiger partial charge on any atom is 0.253 e. The summed E-state index contributed by atoms with van der Waals surface area (Å²) in [5.74, 6) is -0.0394. The molecule has 0 radical (unpaired) electrons. The van der Waals surface area contributed by atoms with Crippen molar-refractivity contribution in [3.63, 3.8) is 0 Å². The third kappa shape index (κ3) is 2.42. The Balaban J connectivity index is 4.63. The molecule has 0 aliphatic carbocycles. The predicted octanol–water partition coefficient (Wildman–Crippen LogP) is 0.771. The molecule has 0 aromatic heterocycles. The van der Waals surface area contributed by atoms with E-state index in [2.05, 4.69) is 0 Å².